The maximum atomic E-state index is 6.34. The zero-order valence-electron chi connectivity index (χ0n) is 10.6. The van der Waals surface area contributed by atoms with E-state index in [1.165, 1.54) is 14.3 Å². The monoisotopic (exact) mass is 289 g/mol. The topological polar surface area (TPSA) is 35.2 Å². The Morgan fingerprint density at radius 2 is 1.95 bits per heavy atom. The van der Waals surface area contributed by atoms with Crippen molar-refractivity contribution in [3.05, 3.63) is 52.2 Å². The minimum Gasteiger partial charge on any atom is -0.494 e. The molecule has 0 amide bonds. The Hall–Kier alpha value is -1.36. The lowest BCUT2D eigenvalue weighted by atomic mass is 10.1. The van der Waals surface area contributed by atoms with Gasteiger partial charge in [0, 0.05) is 14.3 Å². The summed E-state index contributed by atoms with van der Waals surface area (Å²) >= 11 is 3.54. The first-order chi connectivity index (χ1) is 9.28. The van der Waals surface area contributed by atoms with Crippen molar-refractivity contribution in [3.63, 3.8) is 0 Å². The summed E-state index contributed by atoms with van der Waals surface area (Å²) in [4.78, 5) is 1.21. The first-order valence-electron chi connectivity index (χ1n) is 6.23. The average Bonchev–Trinajstić information content (AvgIpc) is 3.00. The summed E-state index contributed by atoms with van der Waals surface area (Å²) < 4.78 is 8.09. The van der Waals surface area contributed by atoms with Gasteiger partial charge in [-0.3, -0.25) is 0 Å². The van der Waals surface area contributed by atoms with E-state index in [9.17, 15) is 0 Å². The lowest BCUT2D eigenvalue weighted by molar-refractivity contribution is 0.340. The molecule has 0 fully saturated rings. The summed E-state index contributed by atoms with van der Waals surface area (Å²) in [6, 6.07) is 12.3. The molecule has 1 unspecified atom stereocenters. The second-order valence-corrected chi connectivity index (χ2v) is 6.34. The second kappa shape index (κ2) is 5.33. The van der Waals surface area contributed by atoms with Crippen LogP contribution in [0.3, 0.4) is 0 Å². The molecule has 1 atom stereocenters. The van der Waals surface area contributed by atoms with Crippen LogP contribution in [-0.2, 0) is 0 Å². The van der Waals surface area contributed by atoms with E-state index >= 15 is 0 Å². The molecule has 4 heteroatoms. The number of thiophene rings is 2. The molecule has 1 aromatic carbocycles. The third kappa shape index (κ3) is 2.52. The Morgan fingerprint density at radius 1 is 1.16 bits per heavy atom. The predicted molar refractivity (Wildman–Crippen MR) is 83.3 cm³/mol. The van der Waals surface area contributed by atoms with Gasteiger partial charge in [0.05, 0.1) is 12.6 Å². The minimum absolute atomic E-state index is 0.0553. The normalized spacial score (nSPS) is 12.7. The molecular weight excluding hydrogens is 274 g/mol. The summed E-state index contributed by atoms with van der Waals surface area (Å²) in [6.07, 6.45) is 0. The van der Waals surface area contributed by atoms with Crippen molar-refractivity contribution < 1.29 is 4.74 Å². The van der Waals surface area contributed by atoms with Gasteiger partial charge in [0.25, 0.3) is 0 Å². The van der Waals surface area contributed by atoms with Crippen molar-refractivity contribution in [2.24, 2.45) is 5.73 Å². The molecule has 0 radical (unpaired) electrons. The van der Waals surface area contributed by atoms with Gasteiger partial charge in [-0.25, -0.2) is 0 Å². The zero-order valence-corrected chi connectivity index (χ0v) is 12.3. The largest absolute Gasteiger partial charge is 0.494 e. The molecule has 0 spiro atoms. The van der Waals surface area contributed by atoms with Gasteiger partial charge in [0.1, 0.15) is 5.75 Å². The highest BCUT2D eigenvalue weighted by molar-refractivity contribution is 7.27. The first-order valence-corrected chi connectivity index (χ1v) is 7.93. The zero-order chi connectivity index (χ0) is 13.2. The summed E-state index contributed by atoms with van der Waals surface area (Å²) in [5.74, 6) is 0.894. The molecule has 19 heavy (non-hydrogen) atoms. The van der Waals surface area contributed by atoms with Gasteiger partial charge < -0.3 is 10.5 Å². The van der Waals surface area contributed by atoms with Gasteiger partial charge in [-0.2, -0.15) is 0 Å². The molecule has 0 aliphatic rings. The Bertz CT molecular complexity index is 640. The van der Waals surface area contributed by atoms with Crippen molar-refractivity contribution in [1.82, 2.24) is 0 Å². The molecule has 2 nitrogen and oxygen atoms in total. The van der Waals surface area contributed by atoms with Crippen LogP contribution in [0.4, 0.5) is 0 Å². The van der Waals surface area contributed by atoms with Crippen LogP contribution in [0.5, 0.6) is 5.75 Å². The molecule has 3 aromatic rings. The van der Waals surface area contributed by atoms with Crippen LogP contribution in [0.15, 0.2) is 41.8 Å². The number of hydrogen-bond donors (Lipinski definition) is 1. The minimum atomic E-state index is -0.0553. The molecule has 0 saturated heterocycles. The fraction of sp³-hybridized carbons (Fsp3) is 0.200. The summed E-state index contributed by atoms with van der Waals surface area (Å²) in [5, 5.41) is 2.12. The summed E-state index contributed by atoms with van der Waals surface area (Å²) in [6.45, 7) is 2.67. The van der Waals surface area contributed by atoms with Gasteiger partial charge in [0.15, 0.2) is 0 Å². The molecule has 2 aromatic heterocycles. The van der Waals surface area contributed by atoms with Gasteiger partial charge in [-0.15, -0.1) is 22.7 Å². The van der Waals surface area contributed by atoms with Gasteiger partial charge >= 0.3 is 0 Å². The van der Waals surface area contributed by atoms with Crippen LogP contribution in [0.25, 0.3) is 9.40 Å². The number of ether oxygens (including phenoxy) is 1. The fourth-order valence-corrected chi connectivity index (χ4v) is 4.19. The molecular formula is C15H15NOS2. The van der Waals surface area contributed by atoms with Crippen LogP contribution < -0.4 is 10.5 Å². The maximum Gasteiger partial charge on any atom is 0.119 e. The van der Waals surface area contributed by atoms with Crippen molar-refractivity contribution in [2.45, 2.75) is 13.0 Å². The van der Waals surface area contributed by atoms with Crippen LogP contribution in [0, 0.1) is 0 Å². The molecule has 0 aliphatic carbocycles. The highest BCUT2D eigenvalue weighted by atomic mass is 32.1. The molecule has 98 valence electrons. The smallest absolute Gasteiger partial charge is 0.119 e. The summed E-state index contributed by atoms with van der Waals surface area (Å²) in [7, 11) is 0. The third-order valence-electron chi connectivity index (χ3n) is 3.02. The molecule has 3 rings (SSSR count). The molecule has 2 heterocycles. The highest BCUT2D eigenvalue weighted by Crippen LogP contribution is 2.35. The van der Waals surface area contributed by atoms with Gasteiger partial charge in [-0.05, 0) is 42.1 Å². The van der Waals surface area contributed by atoms with Crippen LogP contribution >= 0.6 is 22.7 Å². The Kier molecular flexibility index (Phi) is 3.55. The van der Waals surface area contributed by atoms with Crippen LogP contribution in [0.1, 0.15) is 23.4 Å². The fourth-order valence-electron chi connectivity index (χ4n) is 2.04. The molecule has 0 saturated carbocycles. The van der Waals surface area contributed by atoms with Crippen LogP contribution in [-0.4, -0.2) is 6.61 Å². The third-order valence-corrected chi connectivity index (χ3v) is 5.19. The van der Waals surface area contributed by atoms with E-state index in [1.54, 1.807) is 22.7 Å². The Morgan fingerprint density at radius 3 is 2.63 bits per heavy atom. The lowest BCUT2D eigenvalue weighted by Gasteiger charge is -2.11. The van der Waals surface area contributed by atoms with E-state index in [4.69, 9.17) is 10.5 Å². The molecule has 0 bridgehead atoms. The summed E-state index contributed by atoms with van der Waals surface area (Å²) in [5.41, 5.74) is 7.46. The standard InChI is InChI=1S/C15H15NOS2/c1-2-17-11-5-3-10(4-6-11)15(16)14-9-13-12(19-14)7-8-18-13/h3-9,15H,2,16H2,1H3. The van der Waals surface area contributed by atoms with Crippen molar-refractivity contribution in [2.75, 3.05) is 6.61 Å². The maximum absolute atomic E-state index is 6.34. The SMILES string of the molecule is CCOc1ccc(C(N)c2cc3sccc3s2)cc1. The quantitative estimate of drug-likeness (QED) is 0.772. The number of rotatable bonds is 4. The van der Waals surface area contributed by atoms with E-state index < -0.39 is 0 Å². The second-order valence-electron chi connectivity index (χ2n) is 4.28. The highest BCUT2D eigenvalue weighted by Gasteiger charge is 2.13. The number of nitrogens with two attached hydrogens (primary N) is 1. The predicted octanol–water partition coefficient (Wildman–Crippen LogP) is 4.41. The van der Waals surface area contributed by atoms with Gasteiger partial charge in [-0.1, -0.05) is 12.1 Å². The average molecular weight is 289 g/mol. The van der Waals surface area contributed by atoms with Crippen molar-refractivity contribution >= 4 is 32.1 Å². The number of benzene rings is 1. The van der Waals surface area contributed by atoms with Crippen molar-refractivity contribution in [3.8, 4) is 5.75 Å². The van der Waals surface area contributed by atoms with Crippen molar-refractivity contribution in [1.29, 1.82) is 0 Å². The van der Waals surface area contributed by atoms with E-state index in [0.29, 0.717) is 6.61 Å². The number of hydrogen-bond acceptors (Lipinski definition) is 4. The lowest BCUT2D eigenvalue weighted by Crippen LogP contribution is -2.09. The molecule has 2 N–H and O–H groups in total. The first kappa shape index (κ1) is 12.7. The number of fused-ring (bicyclic) bond motifs is 1. The van der Waals surface area contributed by atoms with E-state index in [1.807, 2.05) is 31.2 Å². The van der Waals surface area contributed by atoms with E-state index in [2.05, 4.69) is 17.5 Å². The Balaban J connectivity index is 1.86. The van der Waals surface area contributed by atoms with E-state index in [-0.39, 0.29) is 6.04 Å². The molecule has 0 aliphatic heterocycles. The Labute approximate surface area is 120 Å². The van der Waals surface area contributed by atoms with Gasteiger partial charge in [0.2, 0.25) is 0 Å². The van der Waals surface area contributed by atoms with Crippen LogP contribution in [0.2, 0.25) is 0 Å². The van der Waals surface area contributed by atoms with E-state index in [0.717, 1.165) is 11.3 Å².